The number of rotatable bonds is 3. The number of phenolic OH excluding ortho intramolecular Hbond substituents is 1. The number of anilines is 2. The molecule has 0 radical (unpaired) electrons. The monoisotopic (exact) mass is 402 g/mol. The van der Waals surface area contributed by atoms with Crippen molar-refractivity contribution in [2.75, 3.05) is 16.8 Å². The predicted molar refractivity (Wildman–Crippen MR) is 101 cm³/mol. The summed E-state index contributed by atoms with van der Waals surface area (Å²) in [5.74, 6) is -0.763. The third kappa shape index (κ3) is 3.69. The van der Waals surface area contributed by atoms with E-state index in [4.69, 9.17) is 0 Å². The average molecular weight is 403 g/mol. The van der Waals surface area contributed by atoms with Gasteiger partial charge < -0.3 is 15.3 Å². The number of carbonyl (C=O) groups excluding carboxylic acids is 2. The molecule has 1 fully saturated rings. The van der Waals surface area contributed by atoms with Gasteiger partial charge in [-0.2, -0.15) is 0 Å². The van der Waals surface area contributed by atoms with E-state index in [-0.39, 0.29) is 24.0 Å². The molecule has 1 aliphatic rings. The highest BCUT2D eigenvalue weighted by Gasteiger charge is 2.35. The highest BCUT2D eigenvalue weighted by atomic mass is 79.9. The molecule has 2 aromatic rings. The maximum Gasteiger partial charge on any atom is 0.229 e. The van der Waals surface area contributed by atoms with E-state index in [0.29, 0.717) is 12.2 Å². The second-order valence-corrected chi connectivity index (χ2v) is 7.20. The van der Waals surface area contributed by atoms with Crippen LogP contribution < -0.4 is 10.2 Å². The lowest BCUT2D eigenvalue weighted by Gasteiger charge is -2.18. The lowest BCUT2D eigenvalue weighted by Crippen LogP contribution is -2.28. The minimum atomic E-state index is -0.448. The molecule has 1 atom stereocenters. The molecule has 25 heavy (non-hydrogen) atoms. The Morgan fingerprint density at radius 1 is 1.24 bits per heavy atom. The summed E-state index contributed by atoms with van der Waals surface area (Å²) >= 11 is 3.45. The van der Waals surface area contributed by atoms with Gasteiger partial charge in [0, 0.05) is 23.1 Å². The molecule has 1 aliphatic heterocycles. The van der Waals surface area contributed by atoms with Crippen molar-refractivity contribution in [1.29, 1.82) is 0 Å². The van der Waals surface area contributed by atoms with E-state index in [9.17, 15) is 14.7 Å². The van der Waals surface area contributed by atoms with E-state index in [1.165, 1.54) is 0 Å². The van der Waals surface area contributed by atoms with Crippen LogP contribution in [0.15, 0.2) is 40.9 Å². The summed E-state index contributed by atoms with van der Waals surface area (Å²) in [6.07, 6.45) is 0.160. The van der Waals surface area contributed by atoms with Crippen LogP contribution in [-0.4, -0.2) is 23.5 Å². The largest absolute Gasteiger partial charge is 0.506 e. The van der Waals surface area contributed by atoms with Gasteiger partial charge in [-0.1, -0.05) is 22.0 Å². The second-order valence-electron chi connectivity index (χ2n) is 6.35. The average Bonchev–Trinajstić information content (AvgIpc) is 2.95. The molecule has 0 aromatic heterocycles. The Morgan fingerprint density at radius 2 is 2.00 bits per heavy atom. The van der Waals surface area contributed by atoms with E-state index in [0.717, 1.165) is 21.3 Å². The zero-order chi connectivity index (χ0) is 18.1. The second kappa shape index (κ2) is 6.88. The molecule has 2 N–H and O–H groups in total. The van der Waals surface area contributed by atoms with Gasteiger partial charge in [0.1, 0.15) is 5.75 Å². The van der Waals surface area contributed by atoms with Crippen LogP contribution >= 0.6 is 15.9 Å². The zero-order valence-electron chi connectivity index (χ0n) is 14.0. The molecule has 1 unspecified atom stereocenters. The molecule has 0 aliphatic carbocycles. The number of nitrogens with zero attached hydrogens (tertiary/aromatic N) is 1. The quantitative estimate of drug-likeness (QED) is 0.767. The molecule has 130 valence electrons. The molecule has 5 nitrogen and oxygen atoms in total. The first-order valence-electron chi connectivity index (χ1n) is 8.02. The zero-order valence-corrected chi connectivity index (χ0v) is 15.6. The van der Waals surface area contributed by atoms with E-state index in [1.807, 2.05) is 32.0 Å². The van der Waals surface area contributed by atoms with E-state index in [1.54, 1.807) is 23.1 Å². The van der Waals surface area contributed by atoms with Crippen molar-refractivity contribution in [1.82, 2.24) is 0 Å². The van der Waals surface area contributed by atoms with Crippen LogP contribution in [0.3, 0.4) is 0 Å². The molecule has 1 saturated heterocycles. The maximum absolute atomic E-state index is 12.5. The van der Waals surface area contributed by atoms with Crippen LogP contribution in [0, 0.1) is 19.8 Å². The summed E-state index contributed by atoms with van der Waals surface area (Å²) in [5, 5.41) is 12.6. The lowest BCUT2D eigenvalue weighted by atomic mass is 10.1. The third-order valence-electron chi connectivity index (χ3n) is 4.36. The van der Waals surface area contributed by atoms with Gasteiger partial charge in [0.15, 0.2) is 0 Å². The van der Waals surface area contributed by atoms with Crippen molar-refractivity contribution in [2.45, 2.75) is 20.3 Å². The predicted octanol–water partition coefficient (Wildman–Crippen LogP) is 3.76. The van der Waals surface area contributed by atoms with Crippen molar-refractivity contribution in [3.8, 4) is 5.75 Å². The first-order chi connectivity index (χ1) is 11.8. The fraction of sp³-hybridized carbons (Fsp3) is 0.263. The number of hydrogen-bond donors (Lipinski definition) is 2. The summed E-state index contributed by atoms with van der Waals surface area (Å²) in [6.45, 7) is 4.17. The van der Waals surface area contributed by atoms with Gasteiger partial charge in [0.05, 0.1) is 11.6 Å². The molecule has 2 aromatic carbocycles. The standard InChI is InChI=1S/C19H19BrN2O3/c1-11-3-6-17(23)16(7-11)21-19(25)13-9-18(24)22(10-13)14-4-5-15(20)12(2)8-14/h3-8,13,23H,9-10H2,1-2H3,(H,21,25). The van der Waals surface area contributed by atoms with Gasteiger partial charge in [0.25, 0.3) is 0 Å². The van der Waals surface area contributed by atoms with Crippen molar-refractivity contribution in [3.63, 3.8) is 0 Å². The Balaban J connectivity index is 1.74. The first kappa shape index (κ1) is 17.5. The molecular formula is C19H19BrN2O3. The lowest BCUT2D eigenvalue weighted by molar-refractivity contribution is -0.122. The fourth-order valence-electron chi connectivity index (χ4n) is 2.91. The number of aryl methyl sites for hydroxylation is 2. The van der Waals surface area contributed by atoms with Crippen LogP contribution in [0.25, 0.3) is 0 Å². The normalized spacial score (nSPS) is 17.0. The highest BCUT2D eigenvalue weighted by Crippen LogP contribution is 2.30. The number of hydrogen-bond acceptors (Lipinski definition) is 3. The van der Waals surface area contributed by atoms with Crippen LogP contribution in [0.2, 0.25) is 0 Å². The summed E-state index contributed by atoms with van der Waals surface area (Å²) in [4.78, 5) is 26.5. The minimum absolute atomic E-state index is 0.0173. The van der Waals surface area contributed by atoms with Gasteiger partial charge in [0.2, 0.25) is 11.8 Å². The van der Waals surface area contributed by atoms with Gasteiger partial charge in [-0.15, -0.1) is 0 Å². The number of benzene rings is 2. The minimum Gasteiger partial charge on any atom is -0.506 e. The van der Waals surface area contributed by atoms with Crippen molar-refractivity contribution >= 4 is 39.1 Å². The van der Waals surface area contributed by atoms with Crippen molar-refractivity contribution in [2.24, 2.45) is 5.92 Å². The van der Waals surface area contributed by atoms with Crippen molar-refractivity contribution in [3.05, 3.63) is 52.0 Å². The summed E-state index contributed by atoms with van der Waals surface area (Å²) in [7, 11) is 0. The van der Waals surface area contributed by atoms with Gasteiger partial charge in [-0.25, -0.2) is 0 Å². The number of nitrogens with one attached hydrogen (secondary N) is 1. The Morgan fingerprint density at radius 3 is 2.72 bits per heavy atom. The molecule has 6 heteroatoms. The number of carbonyl (C=O) groups is 2. The topological polar surface area (TPSA) is 69.6 Å². The van der Waals surface area contributed by atoms with Gasteiger partial charge in [-0.05, 0) is 55.3 Å². The SMILES string of the molecule is Cc1ccc(O)c(NC(=O)C2CC(=O)N(c3ccc(Br)c(C)c3)C2)c1. The highest BCUT2D eigenvalue weighted by molar-refractivity contribution is 9.10. The summed E-state index contributed by atoms with van der Waals surface area (Å²) in [6, 6.07) is 10.7. The molecule has 0 saturated carbocycles. The number of amides is 2. The van der Waals surface area contributed by atoms with Gasteiger partial charge >= 0.3 is 0 Å². The Hall–Kier alpha value is -2.34. The van der Waals surface area contributed by atoms with Gasteiger partial charge in [-0.3, -0.25) is 9.59 Å². The first-order valence-corrected chi connectivity index (χ1v) is 8.81. The van der Waals surface area contributed by atoms with E-state index < -0.39 is 5.92 Å². The Bertz CT molecular complexity index is 851. The number of halogens is 1. The third-order valence-corrected chi connectivity index (χ3v) is 5.25. The molecule has 2 amide bonds. The fourth-order valence-corrected chi connectivity index (χ4v) is 3.16. The van der Waals surface area contributed by atoms with Crippen LogP contribution in [0.4, 0.5) is 11.4 Å². The van der Waals surface area contributed by atoms with Crippen molar-refractivity contribution < 1.29 is 14.7 Å². The summed E-state index contributed by atoms with van der Waals surface area (Å²) < 4.78 is 0.979. The summed E-state index contributed by atoms with van der Waals surface area (Å²) in [5.41, 5.74) is 3.13. The number of phenols is 1. The molecule has 0 bridgehead atoms. The molecule has 1 heterocycles. The smallest absolute Gasteiger partial charge is 0.229 e. The molecule has 3 rings (SSSR count). The van der Waals surface area contributed by atoms with Crippen LogP contribution in [0.1, 0.15) is 17.5 Å². The number of aromatic hydroxyl groups is 1. The Kier molecular flexibility index (Phi) is 4.81. The van der Waals surface area contributed by atoms with E-state index >= 15 is 0 Å². The van der Waals surface area contributed by atoms with E-state index in [2.05, 4.69) is 21.2 Å². The van der Waals surface area contributed by atoms with Crippen LogP contribution in [-0.2, 0) is 9.59 Å². The maximum atomic E-state index is 12.5. The van der Waals surface area contributed by atoms with Crippen LogP contribution in [0.5, 0.6) is 5.75 Å². The Labute approximate surface area is 154 Å². The molecule has 0 spiro atoms. The molecular weight excluding hydrogens is 384 g/mol.